The minimum absolute atomic E-state index is 0.0313. The normalized spacial score (nSPS) is 13.1. The van der Waals surface area contributed by atoms with Crippen LogP contribution in [0.5, 0.6) is 0 Å². The third-order valence-electron chi connectivity index (χ3n) is 2.75. The summed E-state index contributed by atoms with van der Waals surface area (Å²) in [6, 6.07) is -0.744. The monoisotopic (exact) mass is 296 g/mol. The Hall–Kier alpha value is -1.85. The molecule has 1 atom stereocenters. The van der Waals surface area contributed by atoms with Gasteiger partial charge in [0.15, 0.2) is 5.76 Å². The van der Waals surface area contributed by atoms with Crippen LogP contribution in [-0.4, -0.2) is 28.7 Å². The van der Waals surface area contributed by atoms with Gasteiger partial charge in [0.05, 0.1) is 5.69 Å². The maximum Gasteiger partial charge on any atom is 0.328 e. The van der Waals surface area contributed by atoms with Gasteiger partial charge in [-0.1, -0.05) is 19.0 Å². The van der Waals surface area contributed by atoms with Crippen molar-refractivity contribution in [2.24, 2.45) is 0 Å². The van der Waals surface area contributed by atoms with Crippen LogP contribution in [0.15, 0.2) is 4.52 Å². The number of hydrogen-bond donors (Lipinski definition) is 1. The van der Waals surface area contributed by atoms with Crippen molar-refractivity contribution >= 4 is 11.9 Å². The fourth-order valence-electron chi connectivity index (χ4n) is 1.78. The molecular weight excluding hydrogens is 272 g/mol. The molecule has 0 spiro atoms. The summed E-state index contributed by atoms with van der Waals surface area (Å²) in [5.41, 5.74) is 0.305. The van der Waals surface area contributed by atoms with Crippen molar-refractivity contribution in [1.82, 2.24) is 10.5 Å². The molecule has 1 rings (SSSR count). The number of aryl methyl sites for hydroxylation is 1. The van der Waals surface area contributed by atoms with E-state index in [1.54, 1.807) is 34.6 Å². The standard InChI is InChI=1S/C15H24N2O4/c1-8(2)12-11(9(3)17-21-12)13(18)16-10(4)14(19)20-15(5,6)7/h8,10H,1-7H3,(H,16,18)/t10-/m1/s1. The third-order valence-corrected chi connectivity index (χ3v) is 2.75. The van der Waals surface area contributed by atoms with Crippen molar-refractivity contribution in [3.05, 3.63) is 17.0 Å². The fourth-order valence-corrected chi connectivity index (χ4v) is 1.78. The molecule has 1 amide bonds. The Bertz CT molecular complexity index is 526. The maximum atomic E-state index is 12.3. The van der Waals surface area contributed by atoms with E-state index >= 15 is 0 Å². The summed E-state index contributed by atoms with van der Waals surface area (Å²) in [4.78, 5) is 24.2. The van der Waals surface area contributed by atoms with Gasteiger partial charge >= 0.3 is 5.97 Å². The van der Waals surface area contributed by atoms with Gasteiger partial charge in [0, 0.05) is 5.92 Å². The van der Waals surface area contributed by atoms with Crippen LogP contribution >= 0.6 is 0 Å². The lowest BCUT2D eigenvalue weighted by Gasteiger charge is -2.22. The number of aromatic nitrogens is 1. The molecule has 1 aromatic rings. The zero-order chi connectivity index (χ0) is 16.4. The van der Waals surface area contributed by atoms with E-state index < -0.39 is 17.6 Å². The lowest BCUT2D eigenvalue weighted by atomic mass is 10.0. The molecular formula is C15H24N2O4. The zero-order valence-electron chi connectivity index (χ0n) is 13.7. The number of esters is 1. The van der Waals surface area contributed by atoms with Crippen molar-refractivity contribution < 1.29 is 18.8 Å². The smallest absolute Gasteiger partial charge is 0.328 e. The van der Waals surface area contributed by atoms with Gasteiger partial charge in [0.25, 0.3) is 5.91 Å². The SMILES string of the molecule is Cc1noc(C(C)C)c1C(=O)N[C@H](C)C(=O)OC(C)(C)C. The van der Waals surface area contributed by atoms with Crippen LogP contribution in [0.25, 0.3) is 0 Å². The molecule has 0 aliphatic carbocycles. The molecule has 6 nitrogen and oxygen atoms in total. The van der Waals surface area contributed by atoms with Gasteiger partial charge in [-0.3, -0.25) is 4.79 Å². The molecule has 0 radical (unpaired) electrons. The molecule has 0 aliphatic heterocycles. The molecule has 1 heterocycles. The molecule has 0 saturated carbocycles. The zero-order valence-corrected chi connectivity index (χ0v) is 13.7. The summed E-state index contributed by atoms with van der Waals surface area (Å²) in [5.74, 6) is -0.308. The van der Waals surface area contributed by atoms with E-state index in [1.165, 1.54) is 0 Å². The van der Waals surface area contributed by atoms with E-state index in [0.29, 0.717) is 17.0 Å². The average molecular weight is 296 g/mol. The molecule has 0 bridgehead atoms. The molecule has 118 valence electrons. The summed E-state index contributed by atoms with van der Waals surface area (Å²) in [6.07, 6.45) is 0. The minimum Gasteiger partial charge on any atom is -0.458 e. The lowest BCUT2D eigenvalue weighted by Crippen LogP contribution is -2.42. The van der Waals surface area contributed by atoms with Crippen LogP contribution in [0.2, 0.25) is 0 Å². The summed E-state index contributed by atoms with van der Waals surface area (Å²) >= 11 is 0. The van der Waals surface area contributed by atoms with Gasteiger partial charge in [-0.2, -0.15) is 0 Å². The number of hydrogen-bond acceptors (Lipinski definition) is 5. The molecule has 1 N–H and O–H groups in total. The third kappa shape index (κ3) is 4.58. The van der Waals surface area contributed by atoms with Crippen LogP contribution in [0, 0.1) is 6.92 Å². The van der Waals surface area contributed by atoms with E-state index in [4.69, 9.17) is 9.26 Å². The molecule has 1 aromatic heterocycles. The molecule has 0 saturated heterocycles. The largest absolute Gasteiger partial charge is 0.458 e. The second-order valence-electron chi connectivity index (χ2n) is 6.39. The van der Waals surface area contributed by atoms with Crippen LogP contribution in [0.1, 0.15) is 69.3 Å². The predicted molar refractivity (Wildman–Crippen MR) is 78.1 cm³/mol. The minimum atomic E-state index is -0.744. The van der Waals surface area contributed by atoms with Crippen molar-refractivity contribution in [1.29, 1.82) is 0 Å². The number of nitrogens with one attached hydrogen (secondary N) is 1. The lowest BCUT2D eigenvalue weighted by molar-refractivity contribution is -0.156. The van der Waals surface area contributed by atoms with Gasteiger partial charge in [-0.05, 0) is 34.6 Å². The van der Waals surface area contributed by atoms with Gasteiger partial charge < -0.3 is 14.6 Å². The van der Waals surface area contributed by atoms with E-state index in [9.17, 15) is 9.59 Å². The molecule has 0 aromatic carbocycles. The van der Waals surface area contributed by atoms with E-state index in [-0.39, 0.29) is 11.8 Å². The first-order valence-corrected chi connectivity index (χ1v) is 7.02. The van der Waals surface area contributed by atoms with Gasteiger partial charge in [0.1, 0.15) is 17.2 Å². The van der Waals surface area contributed by atoms with E-state index in [2.05, 4.69) is 10.5 Å². The first-order chi connectivity index (χ1) is 9.53. The van der Waals surface area contributed by atoms with E-state index in [1.807, 2.05) is 13.8 Å². The predicted octanol–water partition coefficient (Wildman–Crippen LogP) is 2.57. The van der Waals surface area contributed by atoms with Gasteiger partial charge in [0.2, 0.25) is 0 Å². The number of carbonyl (C=O) groups is 2. The summed E-state index contributed by atoms with van der Waals surface area (Å²) in [7, 11) is 0. The topological polar surface area (TPSA) is 81.4 Å². The van der Waals surface area contributed by atoms with Gasteiger partial charge in [-0.25, -0.2) is 4.79 Å². The van der Waals surface area contributed by atoms with Crippen molar-refractivity contribution in [3.63, 3.8) is 0 Å². The van der Waals surface area contributed by atoms with Crippen LogP contribution in [0.3, 0.4) is 0 Å². The number of ether oxygens (including phenoxy) is 1. The Morgan fingerprint density at radius 3 is 2.29 bits per heavy atom. The van der Waals surface area contributed by atoms with Crippen molar-refractivity contribution in [2.75, 3.05) is 0 Å². The number of nitrogens with zero attached hydrogens (tertiary/aromatic N) is 1. The Balaban J connectivity index is 2.82. The van der Waals surface area contributed by atoms with Crippen LogP contribution in [-0.2, 0) is 9.53 Å². The second-order valence-corrected chi connectivity index (χ2v) is 6.39. The van der Waals surface area contributed by atoms with Crippen molar-refractivity contribution in [3.8, 4) is 0 Å². The quantitative estimate of drug-likeness (QED) is 0.864. The Labute approximate surface area is 125 Å². The van der Waals surface area contributed by atoms with Crippen molar-refractivity contribution in [2.45, 2.75) is 66.0 Å². The number of rotatable bonds is 4. The van der Waals surface area contributed by atoms with Crippen LogP contribution in [0.4, 0.5) is 0 Å². The highest BCUT2D eigenvalue weighted by molar-refractivity contribution is 5.98. The summed E-state index contributed by atoms with van der Waals surface area (Å²) < 4.78 is 10.4. The Kier molecular flexibility index (Phi) is 5.15. The second kappa shape index (κ2) is 6.28. The average Bonchev–Trinajstić information content (AvgIpc) is 2.68. The van der Waals surface area contributed by atoms with Gasteiger partial charge in [-0.15, -0.1) is 0 Å². The molecule has 0 unspecified atom stereocenters. The summed E-state index contributed by atoms with van der Waals surface area (Å²) in [5, 5.41) is 6.45. The Morgan fingerprint density at radius 1 is 1.24 bits per heavy atom. The molecule has 0 aliphatic rings. The van der Waals surface area contributed by atoms with E-state index in [0.717, 1.165) is 0 Å². The number of amides is 1. The highest BCUT2D eigenvalue weighted by Crippen LogP contribution is 2.22. The van der Waals surface area contributed by atoms with Crippen LogP contribution < -0.4 is 5.32 Å². The molecule has 21 heavy (non-hydrogen) atoms. The Morgan fingerprint density at radius 2 is 1.81 bits per heavy atom. The molecule has 6 heteroatoms. The fraction of sp³-hybridized carbons (Fsp3) is 0.667. The number of carbonyl (C=O) groups excluding carboxylic acids is 2. The summed E-state index contributed by atoms with van der Waals surface area (Å²) in [6.45, 7) is 12.4. The highest BCUT2D eigenvalue weighted by atomic mass is 16.6. The first kappa shape index (κ1) is 17.2. The maximum absolute atomic E-state index is 12.3. The highest BCUT2D eigenvalue weighted by Gasteiger charge is 2.27. The molecule has 0 fully saturated rings. The first-order valence-electron chi connectivity index (χ1n) is 7.02.